The van der Waals surface area contributed by atoms with E-state index in [-0.39, 0.29) is 0 Å². The van der Waals surface area contributed by atoms with Gasteiger partial charge in [-0.05, 0) is 42.0 Å². The summed E-state index contributed by atoms with van der Waals surface area (Å²) < 4.78 is 5.85. The minimum atomic E-state index is -1.04. The average molecular weight is 359 g/mol. The summed E-state index contributed by atoms with van der Waals surface area (Å²) in [4.78, 5) is 10.7. The van der Waals surface area contributed by atoms with E-state index in [1.54, 1.807) is 24.3 Å². The van der Waals surface area contributed by atoms with Gasteiger partial charge in [0.1, 0.15) is 11.5 Å². The molecule has 3 rings (SSSR count). The number of benzene rings is 2. The first kappa shape index (κ1) is 16.4. The van der Waals surface area contributed by atoms with Gasteiger partial charge in [-0.3, -0.25) is 0 Å². The first-order valence-electron chi connectivity index (χ1n) is 7.09. The van der Waals surface area contributed by atoms with Crippen molar-refractivity contribution in [1.29, 1.82) is 0 Å². The van der Waals surface area contributed by atoms with Crippen LogP contribution in [0.15, 0.2) is 65.1 Å². The highest BCUT2D eigenvalue weighted by Gasteiger charge is 2.15. The summed E-state index contributed by atoms with van der Waals surface area (Å²) in [6.07, 6.45) is 2.44. The number of rotatable bonds is 4. The third-order valence-electron chi connectivity index (χ3n) is 3.36. The van der Waals surface area contributed by atoms with Gasteiger partial charge in [-0.15, -0.1) is 0 Å². The Kier molecular flexibility index (Phi) is 4.74. The van der Waals surface area contributed by atoms with Crippen molar-refractivity contribution in [2.24, 2.45) is 0 Å². The van der Waals surface area contributed by atoms with Crippen LogP contribution < -0.4 is 0 Å². The zero-order chi connectivity index (χ0) is 17.1. The minimum Gasteiger partial charge on any atom is -0.478 e. The molecule has 1 aromatic heterocycles. The maximum atomic E-state index is 10.7. The topological polar surface area (TPSA) is 50.4 Å². The molecule has 0 atom stereocenters. The first-order chi connectivity index (χ1) is 11.5. The van der Waals surface area contributed by atoms with E-state index in [0.717, 1.165) is 22.8 Å². The third-order valence-corrected chi connectivity index (χ3v) is 3.83. The fraction of sp³-hybridized carbons (Fsp3) is 0. The molecule has 3 aromatic rings. The Morgan fingerprint density at radius 2 is 1.58 bits per heavy atom. The van der Waals surface area contributed by atoms with Gasteiger partial charge in [-0.25, -0.2) is 4.79 Å². The van der Waals surface area contributed by atoms with Crippen LogP contribution in [0.5, 0.6) is 0 Å². The van der Waals surface area contributed by atoms with Gasteiger partial charge in [0.2, 0.25) is 0 Å². The highest BCUT2D eigenvalue weighted by Crippen LogP contribution is 2.37. The Balaban J connectivity index is 2.16. The highest BCUT2D eigenvalue weighted by atomic mass is 35.5. The Labute approximate surface area is 148 Å². The molecule has 0 saturated heterocycles. The van der Waals surface area contributed by atoms with Gasteiger partial charge in [0.25, 0.3) is 0 Å². The summed E-state index contributed by atoms with van der Waals surface area (Å²) >= 11 is 12.2. The number of carboxylic acid groups (broad SMARTS) is 1. The van der Waals surface area contributed by atoms with Gasteiger partial charge in [-0.2, -0.15) is 0 Å². The van der Waals surface area contributed by atoms with Crippen LogP contribution in [0.2, 0.25) is 10.0 Å². The van der Waals surface area contributed by atoms with Crippen molar-refractivity contribution in [2.75, 3.05) is 0 Å². The van der Waals surface area contributed by atoms with Crippen LogP contribution in [0.25, 0.3) is 28.5 Å². The predicted octanol–water partition coefficient (Wildman–Crippen LogP) is 6.02. The summed E-state index contributed by atoms with van der Waals surface area (Å²) in [5, 5.41) is 9.99. The van der Waals surface area contributed by atoms with Gasteiger partial charge in [0.05, 0.1) is 0 Å². The monoisotopic (exact) mass is 358 g/mol. The van der Waals surface area contributed by atoms with E-state index in [2.05, 4.69) is 0 Å². The van der Waals surface area contributed by atoms with Crippen molar-refractivity contribution in [2.45, 2.75) is 0 Å². The second kappa shape index (κ2) is 6.95. The van der Waals surface area contributed by atoms with Crippen LogP contribution in [-0.4, -0.2) is 11.1 Å². The predicted molar refractivity (Wildman–Crippen MR) is 96.3 cm³/mol. The third kappa shape index (κ3) is 3.70. The molecule has 0 aliphatic heterocycles. The van der Waals surface area contributed by atoms with Gasteiger partial charge in [0.15, 0.2) is 0 Å². The molecule has 5 heteroatoms. The van der Waals surface area contributed by atoms with Crippen LogP contribution in [-0.2, 0) is 4.79 Å². The molecule has 0 bridgehead atoms. The lowest BCUT2D eigenvalue weighted by Crippen LogP contribution is -1.84. The Bertz CT molecular complexity index is 863. The molecule has 1 heterocycles. The lowest BCUT2D eigenvalue weighted by Gasteiger charge is -2.04. The van der Waals surface area contributed by atoms with Crippen LogP contribution >= 0.6 is 23.2 Å². The molecule has 0 spiro atoms. The van der Waals surface area contributed by atoms with Crippen molar-refractivity contribution in [3.63, 3.8) is 0 Å². The summed E-state index contributed by atoms with van der Waals surface area (Å²) in [5.74, 6) is -0.00725. The maximum Gasteiger partial charge on any atom is 0.328 e. The van der Waals surface area contributed by atoms with E-state index in [9.17, 15) is 4.79 Å². The van der Waals surface area contributed by atoms with Crippen LogP contribution in [0.4, 0.5) is 0 Å². The quantitative estimate of drug-likeness (QED) is 0.580. The van der Waals surface area contributed by atoms with Crippen molar-refractivity contribution in [3.05, 3.63) is 76.5 Å². The number of aliphatic carboxylic acids is 1. The number of carbonyl (C=O) groups is 1. The Morgan fingerprint density at radius 1 is 0.958 bits per heavy atom. The molecule has 0 fully saturated rings. The van der Waals surface area contributed by atoms with Crippen LogP contribution in [0, 0.1) is 0 Å². The molecule has 2 aromatic carbocycles. The van der Waals surface area contributed by atoms with E-state index in [4.69, 9.17) is 32.7 Å². The number of furan rings is 1. The van der Waals surface area contributed by atoms with Crippen molar-refractivity contribution < 1.29 is 14.3 Å². The summed E-state index contributed by atoms with van der Waals surface area (Å²) in [6.45, 7) is 0. The fourth-order valence-electron chi connectivity index (χ4n) is 2.36. The van der Waals surface area contributed by atoms with E-state index >= 15 is 0 Å². The second-order valence-electron chi connectivity index (χ2n) is 5.08. The van der Waals surface area contributed by atoms with Crippen LogP contribution in [0.1, 0.15) is 5.76 Å². The lowest BCUT2D eigenvalue weighted by molar-refractivity contribution is -0.131. The number of hydrogen-bond donors (Lipinski definition) is 1. The van der Waals surface area contributed by atoms with E-state index in [1.165, 1.54) is 6.08 Å². The smallest absolute Gasteiger partial charge is 0.328 e. The molecular formula is C19H12Cl2O3. The summed E-state index contributed by atoms with van der Waals surface area (Å²) in [5.41, 5.74) is 2.48. The largest absolute Gasteiger partial charge is 0.478 e. The lowest BCUT2D eigenvalue weighted by atomic mass is 10.0. The fourth-order valence-corrected chi connectivity index (χ4v) is 2.74. The standard InChI is InChI=1S/C19H12Cl2O3/c20-14-5-1-3-12(9-14)17-11-16(7-8-18(22)23)24-19(17)13-4-2-6-15(21)10-13/h1-11H,(H,22,23)/b8-7+. The van der Waals surface area contributed by atoms with E-state index in [0.29, 0.717) is 21.6 Å². The molecule has 0 aliphatic rings. The molecule has 0 radical (unpaired) electrons. The van der Waals surface area contributed by atoms with Crippen molar-refractivity contribution in [1.82, 2.24) is 0 Å². The molecule has 1 N–H and O–H groups in total. The first-order valence-corrected chi connectivity index (χ1v) is 7.85. The zero-order valence-corrected chi connectivity index (χ0v) is 13.9. The Morgan fingerprint density at radius 3 is 2.21 bits per heavy atom. The number of carboxylic acids is 1. The molecular weight excluding hydrogens is 347 g/mol. The van der Waals surface area contributed by atoms with Crippen molar-refractivity contribution in [3.8, 4) is 22.5 Å². The van der Waals surface area contributed by atoms with Gasteiger partial charge in [-0.1, -0.05) is 47.5 Å². The molecule has 0 amide bonds. The molecule has 120 valence electrons. The SMILES string of the molecule is O=C(O)/C=C/c1cc(-c2cccc(Cl)c2)c(-c2cccc(Cl)c2)o1. The second-order valence-corrected chi connectivity index (χ2v) is 5.96. The molecule has 0 unspecified atom stereocenters. The van der Waals surface area contributed by atoms with Crippen molar-refractivity contribution >= 4 is 35.2 Å². The maximum absolute atomic E-state index is 10.7. The molecule has 0 saturated carbocycles. The normalized spacial score (nSPS) is 11.1. The van der Waals surface area contributed by atoms with E-state index < -0.39 is 5.97 Å². The highest BCUT2D eigenvalue weighted by molar-refractivity contribution is 6.31. The molecule has 0 aliphatic carbocycles. The zero-order valence-electron chi connectivity index (χ0n) is 12.4. The molecule has 24 heavy (non-hydrogen) atoms. The number of halogens is 2. The molecule has 3 nitrogen and oxygen atoms in total. The van der Waals surface area contributed by atoms with Gasteiger partial charge in [0, 0.05) is 27.2 Å². The summed E-state index contributed by atoms with van der Waals surface area (Å²) in [6, 6.07) is 16.4. The minimum absolute atomic E-state index is 0.433. The Hall–Kier alpha value is -2.49. The number of hydrogen-bond acceptors (Lipinski definition) is 2. The van der Waals surface area contributed by atoms with Crippen LogP contribution in [0.3, 0.4) is 0 Å². The average Bonchev–Trinajstić information content (AvgIpc) is 2.97. The van der Waals surface area contributed by atoms with E-state index in [1.807, 2.05) is 30.3 Å². The van der Waals surface area contributed by atoms with Gasteiger partial charge >= 0.3 is 5.97 Å². The summed E-state index contributed by atoms with van der Waals surface area (Å²) in [7, 11) is 0. The van der Waals surface area contributed by atoms with Gasteiger partial charge < -0.3 is 9.52 Å².